The molecule has 0 aromatic carbocycles. The maximum Gasteiger partial charge on any atom is 0.0217 e. The zero-order valence-electron chi connectivity index (χ0n) is 11.2. The van der Waals surface area contributed by atoms with Gasteiger partial charge in [-0.25, -0.2) is 0 Å². The molecule has 2 fully saturated rings. The first-order valence-corrected chi connectivity index (χ1v) is 7.12. The Morgan fingerprint density at radius 3 is 2.56 bits per heavy atom. The van der Waals surface area contributed by atoms with E-state index in [1.54, 1.807) is 0 Å². The van der Waals surface area contributed by atoms with Gasteiger partial charge in [-0.05, 0) is 51.1 Å². The average molecular weight is 224 g/mol. The van der Waals surface area contributed by atoms with E-state index in [9.17, 15) is 0 Å². The van der Waals surface area contributed by atoms with E-state index in [2.05, 4.69) is 31.1 Å². The minimum atomic E-state index is 0.783. The monoisotopic (exact) mass is 224 g/mol. The van der Waals surface area contributed by atoms with Crippen molar-refractivity contribution in [3.05, 3.63) is 0 Å². The summed E-state index contributed by atoms with van der Waals surface area (Å²) in [4.78, 5) is 2.54. The standard InChI is InChI=1S/C14H28N2/c1-11-7-8-14(12(11)2)15-10-13-6-4-5-9-16(13)3/h11-15H,4-10H2,1-3H3. The lowest BCUT2D eigenvalue weighted by Crippen LogP contribution is -2.46. The largest absolute Gasteiger partial charge is 0.312 e. The van der Waals surface area contributed by atoms with Gasteiger partial charge in [0, 0.05) is 18.6 Å². The first-order chi connectivity index (χ1) is 7.68. The summed E-state index contributed by atoms with van der Waals surface area (Å²) < 4.78 is 0. The number of piperidine rings is 1. The van der Waals surface area contributed by atoms with Gasteiger partial charge in [0.2, 0.25) is 0 Å². The Kier molecular flexibility index (Phi) is 4.26. The highest BCUT2D eigenvalue weighted by atomic mass is 15.2. The lowest BCUT2D eigenvalue weighted by Gasteiger charge is -2.34. The maximum atomic E-state index is 3.82. The zero-order chi connectivity index (χ0) is 11.5. The molecule has 1 N–H and O–H groups in total. The van der Waals surface area contributed by atoms with Crippen LogP contribution in [0.25, 0.3) is 0 Å². The van der Waals surface area contributed by atoms with E-state index in [1.807, 2.05) is 0 Å². The molecule has 1 saturated heterocycles. The van der Waals surface area contributed by atoms with Crippen molar-refractivity contribution < 1.29 is 0 Å². The van der Waals surface area contributed by atoms with Crippen LogP contribution in [0, 0.1) is 11.8 Å². The quantitative estimate of drug-likeness (QED) is 0.792. The van der Waals surface area contributed by atoms with Gasteiger partial charge in [0.25, 0.3) is 0 Å². The molecule has 1 aliphatic carbocycles. The van der Waals surface area contributed by atoms with Crippen LogP contribution < -0.4 is 5.32 Å². The Morgan fingerprint density at radius 1 is 1.12 bits per heavy atom. The van der Waals surface area contributed by atoms with Crippen molar-refractivity contribution in [2.45, 2.75) is 58.0 Å². The average Bonchev–Trinajstić information content (AvgIpc) is 2.59. The molecule has 2 aliphatic rings. The van der Waals surface area contributed by atoms with Crippen LogP contribution in [0.15, 0.2) is 0 Å². The fourth-order valence-electron chi connectivity index (χ4n) is 3.34. The smallest absolute Gasteiger partial charge is 0.0217 e. The van der Waals surface area contributed by atoms with Crippen LogP contribution in [-0.4, -0.2) is 37.1 Å². The number of hydrogen-bond acceptors (Lipinski definition) is 2. The Morgan fingerprint density at radius 2 is 1.94 bits per heavy atom. The van der Waals surface area contributed by atoms with Gasteiger partial charge >= 0.3 is 0 Å². The van der Waals surface area contributed by atoms with Gasteiger partial charge in [-0.1, -0.05) is 20.3 Å². The molecular formula is C14H28N2. The van der Waals surface area contributed by atoms with Crippen molar-refractivity contribution in [1.29, 1.82) is 0 Å². The Bertz CT molecular complexity index is 213. The molecule has 0 spiro atoms. The minimum Gasteiger partial charge on any atom is -0.312 e. The van der Waals surface area contributed by atoms with Gasteiger partial charge in [-0.2, -0.15) is 0 Å². The molecule has 16 heavy (non-hydrogen) atoms. The first kappa shape index (κ1) is 12.4. The number of nitrogens with one attached hydrogen (secondary N) is 1. The van der Waals surface area contributed by atoms with Crippen LogP contribution in [0.4, 0.5) is 0 Å². The van der Waals surface area contributed by atoms with E-state index in [0.29, 0.717) is 0 Å². The molecule has 94 valence electrons. The molecule has 1 saturated carbocycles. The summed E-state index contributed by atoms with van der Waals surface area (Å²) in [6.45, 7) is 7.32. The zero-order valence-corrected chi connectivity index (χ0v) is 11.2. The third-order valence-electron chi connectivity index (χ3n) is 5.00. The van der Waals surface area contributed by atoms with E-state index in [1.165, 1.54) is 45.2 Å². The molecular weight excluding hydrogens is 196 g/mol. The van der Waals surface area contributed by atoms with Gasteiger partial charge in [-0.3, -0.25) is 0 Å². The Balaban J connectivity index is 1.74. The van der Waals surface area contributed by atoms with Gasteiger partial charge in [0.05, 0.1) is 0 Å². The summed E-state index contributed by atoms with van der Waals surface area (Å²) in [5, 5.41) is 3.82. The minimum absolute atomic E-state index is 0.783. The number of likely N-dealkylation sites (tertiary alicyclic amines) is 1. The highest BCUT2D eigenvalue weighted by molar-refractivity contribution is 4.87. The van der Waals surface area contributed by atoms with Gasteiger partial charge in [0.15, 0.2) is 0 Å². The molecule has 1 heterocycles. The first-order valence-electron chi connectivity index (χ1n) is 7.12. The van der Waals surface area contributed by atoms with E-state index in [0.717, 1.165) is 23.9 Å². The second kappa shape index (κ2) is 5.50. The van der Waals surface area contributed by atoms with Crippen molar-refractivity contribution in [2.24, 2.45) is 11.8 Å². The summed E-state index contributed by atoms with van der Waals surface area (Å²) in [6, 6.07) is 1.57. The van der Waals surface area contributed by atoms with Crippen molar-refractivity contribution in [3.8, 4) is 0 Å². The lowest BCUT2D eigenvalue weighted by molar-refractivity contribution is 0.174. The van der Waals surface area contributed by atoms with E-state index < -0.39 is 0 Å². The molecule has 2 rings (SSSR count). The van der Waals surface area contributed by atoms with Crippen LogP contribution in [0.5, 0.6) is 0 Å². The molecule has 4 atom stereocenters. The molecule has 0 aromatic heterocycles. The highest BCUT2D eigenvalue weighted by Crippen LogP contribution is 2.31. The summed E-state index contributed by atoms with van der Waals surface area (Å²) >= 11 is 0. The second-order valence-corrected chi connectivity index (χ2v) is 6.06. The van der Waals surface area contributed by atoms with Gasteiger partial charge in [-0.15, -0.1) is 0 Å². The Labute approximate surface area is 101 Å². The number of hydrogen-bond donors (Lipinski definition) is 1. The Hall–Kier alpha value is -0.0800. The summed E-state index contributed by atoms with van der Waals surface area (Å²) in [7, 11) is 2.28. The highest BCUT2D eigenvalue weighted by Gasteiger charge is 2.30. The molecule has 1 aliphatic heterocycles. The SMILES string of the molecule is CC1CCC(NCC2CCCCN2C)C1C. The second-order valence-electron chi connectivity index (χ2n) is 6.06. The van der Waals surface area contributed by atoms with Crippen LogP contribution in [0.3, 0.4) is 0 Å². The number of likely N-dealkylation sites (N-methyl/N-ethyl adjacent to an activating group) is 1. The fourth-order valence-corrected chi connectivity index (χ4v) is 3.34. The third-order valence-corrected chi connectivity index (χ3v) is 5.00. The molecule has 0 aromatic rings. The van der Waals surface area contributed by atoms with Crippen molar-refractivity contribution in [3.63, 3.8) is 0 Å². The molecule has 2 heteroatoms. The summed E-state index contributed by atoms with van der Waals surface area (Å²) in [5.74, 6) is 1.79. The van der Waals surface area contributed by atoms with E-state index in [-0.39, 0.29) is 0 Å². The molecule has 0 radical (unpaired) electrons. The number of nitrogens with zero attached hydrogens (tertiary/aromatic N) is 1. The molecule has 0 bridgehead atoms. The molecule has 4 unspecified atom stereocenters. The lowest BCUT2D eigenvalue weighted by atomic mass is 9.97. The number of rotatable bonds is 3. The van der Waals surface area contributed by atoms with Crippen LogP contribution in [0.2, 0.25) is 0 Å². The van der Waals surface area contributed by atoms with Crippen LogP contribution in [-0.2, 0) is 0 Å². The predicted octanol–water partition coefficient (Wildman–Crippen LogP) is 2.49. The fraction of sp³-hybridized carbons (Fsp3) is 1.00. The van der Waals surface area contributed by atoms with E-state index in [4.69, 9.17) is 0 Å². The topological polar surface area (TPSA) is 15.3 Å². The van der Waals surface area contributed by atoms with Crippen LogP contribution in [0.1, 0.15) is 46.0 Å². The van der Waals surface area contributed by atoms with Gasteiger partial charge < -0.3 is 10.2 Å². The summed E-state index contributed by atoms with van der Waals surface area (Å²) in [5.41, 5.74) is 0. The van der Waals surface area contributed by atoms with Gasteiger partial charge in [0.1, 0.15) is 0 Å². The van der Waals surface area contributed by atoms with Crippen LogP contribution >= 0.6 is 0 Å². The molecule has 2 nitrogen and oxygen atoms in total. The predicted molar refractivity (Wildman–Crippen MR) is 69.6 cm³/mol. The van der Waals surface area contributed by atoms with Crippen molar-refractivity contribution in [2.75, 3.05) is 20.1 Å². The van der Waals surface area contributed by atoms with Crippen molar-refractivity contribution in [1.82, 2.24) is 10.2 Å². The normalized spacial score (nSPS) is 41.4. The van der Waals surface area contributed by atoms with E-state index >= 15 is 0 Å². The molecule has 0 amide bonds. The summed E-state index contributed by atoms with van der Waals surface area (Å²) in [6.07, 6.45) is 7.01. The third kappa shape index (κ3) is 2.78. The maximum absolute atomic E-state index is 3.82. The van der Waals surface area contributed by atoms with Crippen molar-refractivity contribution >= 4 is 0 Å².